The molecule has 2 rings (SSSR count). The fraction of sp³-hybridized carbons (Fsp3) is 0.294. The van der Waals surface area contributed by atoms with Crippen LogP contribution < -0.4 is 4.74 Å². The smallest absolute Gasteiger partial charge is 0.161 e. The predicted octanol–water partition coefficient (Wildman–Crippen LogP) is 4.27. The van der Waals surface area contributed by atoms with Crippen LogP contribution in [0.15, 0.2) is 48.5 Å². The molecule has 19 heavy (non-hydrogen) atoms. The number of hydrogen-bond donors (Lipinski definition) is 1. The molecule has 2 heteroatoms. The van der Waals surface area contributed by atoms with Gasteiger partial charge in [-0.2, -0.15) is 0 Å². The van der Waals surface area contributed by atoms with E-state index < -0.39 is 0 Å². The number of benzene rings is 2. The minimum Gasteiger partial charge on any atom is -0.504 e. The van der Waals surface area contributed by atoms with Crippen molar-refractivity contribution < 1.29 is 9.84 Å². The molecule has 0 heterocycles. The van der Waals surface area contributed by atoms with Crippen molar-refractivity contribution in [1.82, 2.24) is 0 Å². The van der Waals surface area contributed by atoms with Crippen molar-refractivity contribution in [2.75, 3.05) is 0 Å². The van der Waals surface area contributed by atoms with Gasteiger partial charge in [-0.05, 0) is 17.0 Å². The van der Waals surface area contributed by atoms with Gasteiger partial charge in [-0.25, -0.2) is 0 Å². The maximum Gasteiger partial charge on any atom is 0.161 e. The zero-order valence-corrected chi connectivity index (χ0v) is 11.7. The van der Waals surface area contributed by atoms with Crippen molar-refractivity contribution in [3.8, 4) is 11.5 Å². The Morgan fingerprint density at radius 3 is 2.26 bits per heavy atom. The van der Waals surface area contributed by atoms with Crippen molar-refractivity contribution in [2.45, 2.75) is 32.8 Å². The van der Waals surface area contributed by atoms with Crippen LogP contribution in [0.1, 0.15) is 31.9 Å². The van der Waals surface area contributed by atoms with Gasteiger partial charge in [0.1, 0.15) is 6.61 Å². The minimum absolute atomic E-state index is 0.101. The highest BCUT2D eigenvalue weighted by molar-refractivity contribution is 5.48. The minimum atomic E-state index is -0.101. The number of phenols is 1. The zero-order chi connectivity index (χ0) is 13.9. The number of rotatable bonds is 3. The number of para-hydroxylation sites is 1. The molecule has 0 aliphatic carbocycles. The zero-order valence-electron chi connectivity index (χ0n) is 11.7. The van der Waals surface area contributed by atoms with Gasteiger partial charge >= 0.3 is 0 Å². The van der Waals surface area contributed by atoms with Crippen LogP contribution in [0.2, 0.25) is 0 Å². The van der Waals surface area contributed by atoms with Gasteiger partial charge < -0.3 is 9.84 Å². The maximum atomic E-state index is 10.3. The van der Waals surface area contributed by atoms with Gasteiger partial charge in [0.25, 0.3) is 0 Å². The first-order valence-corrected chi connectivity index (χ1v) is 6.47. The van der Waals surface area contributed by atoms with Crippen molar-refractivity contribution in [1.29, 1.82) is 0 Å². The number of phenolic OH excluding ortho intramolecular Hbond substituents is 1. The van der Waals surface area contributed by atoms with Gasteiger partial charge in [-0.15, -0.1) is 0 Å². The Hall–Kier alpha value is -1.96. The van der Waals surface area contributed by atoms with Crippen LogP contribution >= 0.6 is 0 Å². The van der Waals surface area contributed by atoms with E-state index in [-0.39, 0.29) is 11.2 Å². The van der Waals surface area contributed by atoms with Crippen molar-refractivity contribution >= 4 is 0 Å². The van der Waals surface area contributed by atoms with E-state index in [1.807, 2.05) is 42.5 Å². The largest absolute Gasteiger partial charge is 0.504 e. The molecule has 0 spiro atoms. The summed E-state index contributed by atoms with van der Waals surface area (Å²) in [5, 5.41) is 10.3. The Morgan fingerprint density at radius 2 is 1.63 bits per heavy atom. The average molecular weight is 256 g/mol. The van der Waals surface area contributed by atoms with Crippen molar-refractivity contribution in [3.63, 3.8) is 0 Å². The number of aromatic hydroxyl groups is 1. The van der Waals surface area contributed by atoms with E-state index in [0.29, 0.717) is 12.4 Å². The molecule has 2 aromatic carbocycles. The molecule has 0 saturated carbocycles. The molecular formula is C17H20O2. The average Bonchev–Trinajstić information content (AvgIpc) is 2.37. The Bertz CT molecular complexity index is 539. The van der Waals surface area contributed by atoms with Crippen LogP contribution in [-0.4, -0.2) is 5.11 Å². The highest BCUT2D eigenvalue weighted by atomic mass is 16.5. The van der Waals surface area contributed by atoms with Gasteiger partial charge in [-0.3, -0.25) is 0 Å². The summed E-state index contributed by atoms with van der Waals surface area (Å²) in [4.78, 5) is 0. The third-order valence-corrected chi connectivity index (χ3v) is 3.04. The van der Waals surface area contributed by atoms with Crippen LogP contribution in [-0.2, 0) is 12.0 Å². The molecule has 0 saturated heterocycles. The van der Waals surface area contributed by atoms with Gasteiger partial charge in [0.15, 0.2) is 11.5 Å². The first-order chi connectivity index (χ1) is 8.98. The molecule has 0 amide bonds. The Labute approximate surface area is 114 Å². The van der Waals surface area contributed by atoms with Gasteiger partial charge in [0.2, 0.25) is 0 Å². The normalized spacial score (nSPS) is 11.3. The summed E-state index contributed by atoms with van der Waals surface area (Å²) >= 11 is 0. The van der Waals surface area contributed by atoms with Crippen LogP contribution in [0.5, 0.6) is 11.5 Å². The Kier molecular flexibility index (Phi) is 3.79. The summed E-state index contributed by atoms with van der Waals surface area (Å²) in [6.07, 6.45) is 0. The second-order valence-electron chi connectivity index (χ2n) is 5.68. The fourth-order valence-electron chi connectivity index (χ4n) is 1.98. The molecule has 0 aliphatic heterocycles. The molecule has 1 N–H and O–H groups in total. The number of hydrogen-bond acceptors (Lipinski definition) is 2. The topological polar surface area (TPSA) is 29.5 Å². The molecule has 0 aromatic heterocycles. The fourth-order valence-corrected chi connectivity index (χ4v) is 1.98. The third kappa shape index (κ3) is 3.28. The molecule has 100 valence electrons. The van der Waals surface area contributed by atoms with E-state index in [4.69, 9.17) is 4.74 Å². The molecule has 0 radical (unpaired) electrons. The van der Waals surface area contributed by atoms with Crippen LogP contribution in [0, 0.1) is 0 Å². The van der Waals surface area contributed by atoms with Crippen LogP contribution in [0.4, 0.5) is 0 Å². The second kappa shape index (κ2) is 5.35. The molecule has 2 aromatic rings. The van der Waals surface area contributed by atoms with Crippen LogP contribution in [0.3, 0.4) is 0 Å². The summed E-state index contributed by atoms with van der Waals surface area (Å²) < 4.78 is 5.71. The summed E-state index contributed by atoms with van der Waals surface area (Å²) in [6.45, 7) is 6.68. The van der Waals surface area contributed by atoms with E-state index in [1.165, 1.54) is 0 Å². The van der Waals surface area contributed by atoms with E-state index in [2.05, 4.69) is 20.8 Å². The lowest BCUT2D eigenvalue weighted by molar-refractivity contribution is 0.286. The van der Waals surface area contributed by atoms with E-state index in [9.17, 15) is 5.11 Å². The Morgan fingerprint density at radius 1 is 0.947 bits per heavy atom. The molecule has 2 nitrogen and oxygen atoms in total. The second-order valence-corrected chi connectivity index (χ2v) is 5.68. The van der Waals surface area contributed by atoms with Gasteiger partial charge in [0.05, 0.1) is 0 Å². The lowest BCUT2D eigenvalue weighted by atomic mass is 9.86. The van der Waals surface area contributed by atoms with Gasteiger partial charge in [0, 0.05) is 5.56 Å². The van der Waals surface area contributed by atoms with Gasteiger partial charge in [-0.1, -0.05) is 63.2 Å². The molecule has 0 atom stereocenters. The lowest BCUT2D eigenvalue weighted by Crippen LogP contribution is -2.11. The van der Waals surface area contributed by atoms with Crippen molar-refractivity contribution in [3.05, 3.63) is 59.7 Å². The number of ether oxygens (including phenoxy) is 1. The molecule has 0 unspecified atom stereocenters. The maximum absolute atomic E-state index is 10.3. The molecule has 0 bridgehead atoms. The van der Waals surface area contributed by atoms with E-state index >= 15 is 0 Å². The predicted molar refractivity (Wildman–Crippen MR) is 77.6 cm³/mol. The van der Waals surface area contributed by atoms with Crippen LogP contribution in [0.25, 0.3) is 0 Å². The third-order valence-electron chi connectivity index (χ3n) is 3.04. The molecule has 0 aliphatic rings. The SMILES string of the molecule is CC(C)(C)c1cccc(OCc2ccccc2)c1O. The molecule has 0 fully saturated rings. The highest BCUT2D eigenvalue weighted by Gasteiger charge is 2.20. The lowest BCUT2D eigenvalue weighted by Gasteiger charge is -2.21. The van der Waals surface area contributed by atoms with Crippen molar-refractivity contribution in [2.24, 2.45) is 0 Å². The summed E-state index contributed by atoms with van der Waals surface area (Å²) in [5.74, 6) is 0.780. The summed E-state index contributed by atoms with van der Waals surface area (Å²) in [6, 6.07) is 15.6. The first kappa shape index (κ1) is 13.5. The van der Waals surface area contributed by atoms with E-state index in [1.54, 1.807) is 6.07 Å². The monoisotopic (exact) mass is 256 g/mol. The summed E-state index contributed by atoms with van der Waals surface area (Å²) in [7, 11) is 0. The Balaban J connectivity index is 2.18. The first-order valence-electron chi connectivity index (χ1n) is 6.47. The highest BCUT2D eigenvalue weighted by Crippen LogP contribution is 2.37. The quantitative estimate of drug-likeness (QED) is 0.888. The summed E-state index contributed by atoms with van der Waals surface area (Å²) in [5.41, 5.74) is 1.89. The standard InChI is InChI=1S/C17H20O2/c1-17(2,3)14-10-7-11-15(16(14)18)19-12-13-8-5-4-6-9-13/h4-11,18H,12H2,1-3H3. The molecular weight excluding hydrogens is 236 g/mol. The van der Waals surface area contributed by atoms with E-state index in [0.717, 1.165) is 11.1 Å².